The average Bonchev–Trinajstić information content (AvgIpc) is 2.97. The number of aromatic nitrogens is 1. The Kier molecular flexibility index (Phi) is 4.13. The molecule has 0 atom stereocenters. The van der Waals surface area contributed by atoms with Crippen molar-refractivity contribution in [1.29, 1.82) is 0 Å². The van der Waals surface area contributed by atoms with Crippen LogP contribution >= 0.6 is 0 Å². The van der Waals surface area contributed by atoms with E-state index in [-0.39, 0.29) is 28.9 Å². The molecule has 32 heavy (non-hydrogen) atoms. The number of benzene rings is 2. The van der Waals surface area contributed by atoms with E-state index in [4.69, 9.17) is 4.74 Å². The Bertz CT molecular complexity index is 1620. The van der Waals surface area contributed by atoms with Gasteiger partial charge >= 0.3 is 5.97 Å². The number of halogens is 2. The quantitative estimate of drug-likeness (QED) is 0.440. The number of allylic oxidation sites excluding steroid dienone is 3. The molecule has 2 aliphatic rings. The summed E-state index contributed by atoms with van der Waals surface area (Å²) in [5.41, 5.74) is -1.39. The van der Waals surface area contributed by atoms with E-state index in [1.807, 2.05) is 0 Å². The summed E-state index contributed by atoms with van der Waals surface area (Å²) in [5.74, 6) is -5.44. The number of hydrogen-bond donors (Lipinski definition) is 2. The van der Waals surface area contributed by atoms with E-state index >= 15 is 0 Å². The number of carbonyl (C=O) groups is 1. The number of ether oxygens (including phenoxy) is 1. The van der Waals surface area contributed by atoms with Crippen molar-refractivity contribution in [2.75, 3.05) is 0 Å². The van der Waals surface area contributed by atoms with Crippen molar-refractivity contribution in [2.24, 2.45) is 0 Å². The summed E-state index contributed by atoms with van der Waals surface area (Å²) < 4.78 is 69.4. The molecule has 0 spiro atoms. The molecule has 0 saturated carbocycles. The lowest BCUT2D eigenvalue weighted by atomic mass is 9.99. The van der Waals surface area contributed by atoms with Crippen molar-refractivity contribution in [2.45, 2.75) is 11.3 Å². The van der Waals surface area contributed by atoms with E-state index in [2.05, 4.69) is 0 Å². The van der Waals surface area contributed by atoms with Crippen LogP contribution in [0.15, 0.2) is 46.2 Å². The highest BCUT2D eigenvalue weighted by molar-refractivity contribution is 7.86. The second-order valence-corrected chi connectivity index (χ2v) is 8.52. The van der Waals surface area contributed by atoms with Crippen molar-refractivity contribution < 1.29 is 36.4 Å². The Hall–Kier alpha value is -3.83. The lowest BCUT2D eigenvalue weighted by Crippen LogP contribution is -2.22. The minimum atomic E-state index is -4.75. The Balaban J connectivity index is 2.03. The third-order valence-electron chi connectivity index (χ3n) is 5.30. The van der Waals surface area contributed by atoms with Gasteiger partial charge in [-0.25, -0.2) is 9.18 Å². The van der Waals surface area contributed by atoms with Gasteiger partial charge in [0.05, 0.1) is 11.1 Å². The molecule has 8 nitrogen and oxygen atoms in total. The fourth-order valence-electron chi connectivity index (χ4n) is 3.99. The van der Waals surface area contributed by atoms with Crippen molar-refractivity contribution >= 4 is 33.1 Å². The van der Waals surface area contributed by atoms with Gasteiger partial charge < -0.3 is 14.4 Å². The van der Waals surface area contributed by atoms with Crippen molar-refractivity contribution in [1.82, 2.24) is 4.57 Å². The van der Waals surface area contributed by atoms with Crippen molar-refractivity contribution in [3.63, 3.8) is 0 Å². The van der Waals surface area contributed by atoms with E-state index in [0.717, 1.165) is 12.3 Å². The van der Waals surface area contributed by atoms with Gasteiger partial charge in [0.1, 0.15) is 16.0 Å². The molecule has 2 N–H and O–H groups in total. The number of rotatable bonds is 2. The molecule has 0 amide bonds. The maximum Gasteiger partial charge on any atom is 0.341 e. The van der Waals surface area contributed by atoms with Crippen LogP contribution in [0.5, 0.6) is 11.5 Å². The van der Waals surface area contributed by atoms with Crippen LogP contribution in [0.2, 0.25) is 0 Å². The lowest BCUT2D eigenvalue weighted by Gasteiger charge is -2.27. The molecule has 11 heteroatoms. The molecule has 0 bridgehead atoms. The molecule has 0 saturated heterocycles. The summed E-state index contributed by atoms with van der Waals surface area (Å²) in [6, 6.07) is 1.54. The number of fused-ring (bicyclic) bond motifs is 4. The maximum atomic E-state index is 14.6. The second kappa shape index (κ2) is 6.58. The normalized spacial score (nSPS) is 14.0. The molecule has 2 aromatic carbocycles. The van der Waals surface area contributed by atoms with Gasteiger partial charge in [-0.1, -0.05) is 24.3 Å². The predicted molar refractivity (Wildman–Crippen MR) is 108 cm³/mol. The predicted octanol–water partition coefficient (Wildman–Crippen LogP) is 3.45. The molecule has 1 aliphatic carbocycles. The summed E-state index contributed by atoms with van der Waals surface area (Å²) >= 11 is 0. The van der Waals surface area contributed by atoms with Crippen LogP contribution < -0.4 is 10.2 Å². The minimum absolute atomic E-state index is 0.106. The summed E-state index contributed by atoms with van der Waals surface area (Å²) in [6.07, 6.45) is 7.38. The van der Waals surface area contributed by atoms with Gasteiger partial charge in [-0.05, 0) is 18.1 Å². The van der Waals surface area contributed by atoms with Crippen LogP contribution in [0.1, 0.15) is 21.5 Å². The standard InChI is InChI=1S/C21H11F2NO7S/c22-13-6-11-18-20(16(13)23)31-14-7-15(32(28,29)30)9-4-2-1-3-5-10(9)17(14)24(18)8-12(19(11)25)21(26)27/h1-4,6-8H,5H2,(H,26,27)(H,28,29,30). The molecular weight excluding hydrogens is 448 g/mol. The molecule has 0 unspecified atom stereocenters. The number of hydrogen-bond acceptors (Lipinski definition) is 5. The second-order valence-electron chi connectivity index (χ2n) is 7.13. The van der Waals surface area contributed by atoms with Gasteiger partial charge in [-0.15, -0.1) is 0 Å². The molecule has 0 fully saturated rings. The third-order valence-corrected chi connectivity index (χ3v) is 6.20. The minimum Gasteiger partial charge on any atom is -0.477 e. The Morgan fingerprint density at radius 2 is 1.94 bits per heavy atom. The number of carboxylic acids is 1. The zero-order valence-corrected chi connectivity index (χ0v) is 16.6. The van der Waals surface area contributed by atoms with Gasteiger partial charge in [0.25, 0.3) is 10.1 Å². The molecule has 0 radical (unpaired) electrons. The molecular formula is C21H11F2NO7S. The van der Waals surface area contributed by atoms with Crippen LogP contribution in [0.3, 0.4) is 0 Å². The van der Waals surface area contributed by atoms with Gasteiger partial charge in [0.2, 0.25) is 11.2 Å². The van der Waals surface area contributed by atoms with Gasteiger partial charge in [0, 0.05) is 17.8 Å². The zero-order valence-electron chi connectivity index (χ0n) is 15.8. The van der Waals surface area contributed by atoms with Gasteiger partial charge in [-0.2, -0.15) is 12.8 Å². The largest absolute Gasteiger partial charge is 0.477 e. The topological polar surface area (TPSA) is 123 Å². The highest BCUT2D eigenvalue weighted by Crippen LogP contribution is 2.46. The van der Waals surface area contributed by atoms with Crippen molar-refractivity contribution in [3.05, 3.63) is 75.1 Å². The fraction of sp³-hybridized carbons (Fsp3) is 0.0476. The third kappa shape index (κ3) is 2.71. The number of carboxylic acid groups (broad SMARTS) is 1. The van der Waals surface area contributed by atoms with Crippen LogP contribution in [-0.2, 0) is 16.5 Å². The maximum absolute atomic E-state index is 14.6. The summed E-state index contributed by atoms with van der Waals surface area (Å²) in [4.78, 5) is 23.8. The lowest BCUT2D eigenvalue weighted by molar-refractivity contribution is 0.0695. The van der Waals surface area contributed by atoms with Crippen LogP contribution in [0.4, 0.5) is 8.78 Å². The molecule has 1 aromatic heterocycles. The van der Waals surface area contributed by atoms with Gasteiger partial charge in [0.15, 0.2) is 17.3 Å². The zero-order chi connectivity index (χ0) is 22.9. The van der Waals surface area contributed by atoms with Crippen LogP contribution in [0, 0.1) is 11.6 Å². The van der Waals surface area contributed by atoms with Gasteiger partial charge in [-0.3, -0.25) is 9.35 Å². The van der Waals surface area contributed by atoms with Crippen LogP contribution in [0.25, 0.3) is 22.7 Å². The highest BCUT2D eigenvalue weighted by Gasteiger charge is 2.33. The first-order chi connectivity index (χ1) is 15.1. The van der Waals surface area contributed by atoms with Crippen molar-refractivity contribution in [3.8, 4) is 17.2 Å². The highest BCUT2D eigenvalue weighted by atomic mass is 32.2. The smallest absolute Gasteiger partial charge is 0.341 e. The molecule has 2 heterocycles. The van der Waals surface area contributed by atoms with E-state index < -0.39 is 54.7 Å². The summed E-state index contributed by atoms with van der Waals surface area (Å²) in [7, 11) is -4.75. The number of nitrogens with zero attached hydrogens (tertiary/aromatic N) is 1. The first kappa shape index (κ1) is 20.1. The summed E-state index contributed by atoms with van der Waals surface area (Å²) in [5, 5.41) is 9.07. The van der Waals surface area contributed by atoms with E-state index in [9.17, 15) is 36.4 Å². The Labute approximate surface area is 178 Å². The molecule has 3 aromatic rings. The number of pyridine rings is 1. The molecule has 5 rings (SSSR count). The molecule has 162 valence electrons. The monoisotopic (exact) mass is 459 g/mol. The molecule has 1 aliphatic heterocycles. The average molecular weight is 459 g/mol. The number of aromatic carboxylic acids is 1. The summed E-state index contributed by atoms with van der Waals surface area (Å²) in [6.45, 7) is 0. The fourth-order valence-corrected chi connectivity index (χ4v) is 4.71. The van der Waals surface area contributed by atoms with E-state index in [1.165, 1.54) is 10.6 Å². The first-order valence-corrected chi connectivity index (χ1v) is 10.5. The van der Waals surface area contributed by atoms with Crippen LogP contribution in [-0.4, -0.2) is 28.6 Å². The van der Waals surface area contributed by atoms with E-state index in [0.29, 0.717) is 11.6 Å². The SMILES string of the molecule is O=C(O)c1cn2c3c(c(F)c(F)cc3c1=O)Oc1cc(S(=O)(=O)O)c3c(c1-2)CC=CC=C3. The Morgan fingerprint density at radius 1 is 1.19 bits per heavy atom. The van der Waals surface area contributed by atoms with E-state index in [1.54, 1.807) is 18.2 Å². The first-order valence-electron chi connectivity index (χ1n) is 9.09. The Morgan fingerprint density at radius 3 is 2.62 bits per heavy atom.